The van der Waals surface area contributed by atoms with Crippen LogP contribution in [0.3, 0.4) is 0 Å². The number of benzene rings is 1. The van der Waals surface area contributed by atoms with Crippen LogP contribution in [0.4, 0.5) is 23.5 Å². The van der Waals surface area contributed by atoms with Crippen LogP contribution in [-0.2, 0) is 4.79 Å². The number of anilines is 4. The van der Waals surface area contributed by atoms with Crippen molar-refractivity contribution in [3.05, 3.63) is 29.3 Å². The highest BCUT2D eigenvalue weighted by Crippen LogP contribution is 2.23. The summed E-state index contributed by atoms with van der Waals surface area (Å²) in [4.78, 5) is 38.1. The Morgan fingerprint density at radius 1 is 1.10 bits per heavy atom. The molecule has 2 rings (SSSR count). The maximum Gasteiger partial charge on any atom is 0.248 e. The Kier molecular flexibility index (Phi) is 7.73. The Bertz CT molecular complexity index is 939. The number of rotatable bonds is 9. The van der Waals surface area contributed by atoms with Crippen LogP contribution in [-0.4, -0.2) is 53.4 Å². The summed E-state index contributed by atoms with van der Waals surface area (Å²) in [7, 11) is 1.92. The molecule has 31 heavy (non-hydrogen) atoms. The maximum absolute atomic E-state index is 11.5. The van der Waals surface area contributed by atoms with E-state index in [1.807, 2.05) is 24.9 Å². The van der Waals surface area contributed by atoms with Crippen LogP contribution >= 0.6 is 0 Å². The monoisotopic (exact) mass is 428 g/mol. The molecular formula is C21H32N8O2. The summed E-state index contributed by atoms with van der Waals surface area (Å²) in [5, 5.41) is 9.00. The van der Waals surface area contributed by atoms with E-state index in [0.29, 0.717) is 42.2 Å². The average Bonchev–Trinajstić information content (AvgIpc) is 2.65. The van der Waals surface area contributed by atoms with E-state index in [2.05, 4.69) is 51.7 Å². The lowest BCUT2D eigenvalue weighted by molar-refractivity contribution is -0.118. The lowest BCUT2D eigenvalue weighted by Gasteiger charge is -2.27. The third kappa shape index (κ3) is 7.72. The van der Waals surface area contributed by atoms with Gasteiger partial charge in [0.25, 0.3) is 0 Å². The van der Waals surface area contributed by atoms with Gasteiger partial charge in [-0.3, -0.25) is 9.59 Å². The SMILES string of the molecule is CC(=O)NCCNc1nc(Nc2cc(C(N)=O)ccc2C)nc(N(C)CC(C)(C)C)n1. The first-order chi connectivity index (χ1) is 14.4. The zero-order valence-electron chi connectivity index (χ0n) is 19.0. The zero-order valence-corrected chi connectivity index (χ0v) is 19.0. The molecule has 0 spiro atoms. The van der Waals surface area contributed by atoms with Gasteiger partial charge >= 0.3 is 0 Å². The summed E-state index contributed by atoms with van der Waals surface area (Å²) in [6, 6.07) is 5.15. The van der Waals surface area contributed by atoms with Gasteiger partial charge in [0.2, 0.25) is 29.7 Å². The number of nitrogens with two attached hydrogens (primary N) is 1. The Hall–Kier alpha value is -3.43. The molecule has 0 aliphatic heterocycles. The molecule has 5 N–H and O–H groups in total. The van der Waals surface area contributed by atoms with Crippen molar-refractivity contribution in [2.45, 2.75) is 34.6 Å². The van der Waals surface area contributed by atoms with E-state index in [0.717, 1.165) is 12.1 Å². The Labute approximate surface area is 183 Å². The van der Waals surface area contributed by atoms with E-state index >= 15 is 0 Å². The second-order valence-electron chi connectivity index (χ2n) is 8.63. The van der Waals surface area contributed by atoms with Crippen molar-refractivity contribution >= 4 is 35.3 Å². The summed E-state index contributed by atoms with van der Waals surface area (Å²) >= 11 is 0. The van der Waals surface area contributed by atoms with Crippen LogP contribution in [0, 0.1) is 12.3 Å². The fourth-order valence-corrected chi connectivity index (χ4v) is 2.90. The molecule has 0 unspecified atom stereocenters. The highest BCUT2D eigenvalue weighted by Gasteiger charge is 2.18. The topological polar surface area (TPSA) is 138 Å². The van der Waals surface area contributed by atoms with E-state index in [4.69, 9.17) is 5.73 Å². The van der Waals surface area contributed by atoms with Gasteiger partial charge in [0.15, 0.2) is 0 Å². The number of carbonyl (C=O) groups excluding carboxylic acids is 2. The van der Waals surface area contributed by atoms with Crippen molar-refractivity contribution in [2.75, 3.05) is 42.2 Å². The molecule has 1 aromatic carbocycles. The number of nitrogens with zero attached hydrogens (tertiary/aromatic N) is 4. The summed E-state index contributed by atoms with van der Waals surface area (Å²) in [5.74, 6) is 0.595. The highest BCUT2D eigenvalue weighted by molar-refractivity contribution is 5.94. The zero-order chi connectivity index (χ0) is 23.2. The first-order valence-corrected chi connectivity index (χ1v) is 10.1. The van der Waals surface area contributed by atoms with Crippen LogP contribution in [0.15, 0.2) is 18.2 Å². The molecule has 1 aromatic heterocycles. The average molecular weight is 429 g/mol. The molecule has 10 heteroatoms. The van der Waals surface area contributed by atoms with E-state index in [1.54, 1.807) is 12.1 Å². The molecule has 0 saturated carbocycles. The van der Waals surface area contributed by atoms with Gasteiger partial charge in [-0.1, -0.05) is 26.8 Å². The molecule has 2 aromatic rings. The first kappa shape index (κ1) is 23.8. The van der Waals surface area contributed by atoms with Crippen LogP contribution < -0.4 is 26.6 Å². The van der Waals surface area contributed by atoms with Gasteiger partial charge in [0.1, 0.15) is 0 Å². The highest BCUT2D eigenvalue weighted by atomic mass is 16.1. The lowest BCUT2D eigenvalue weighted by Crippen LogP contribution is -2.31. The van der Waals surface area contributed by atoms with Crippen LogP contribution in [0.1, 0.15) is 43.6 Å². The number of hydrogen-bond donors (Lipinski definition) is 4. The smallest absolute Gasteiger partial charge is 0.248 e. The summed E-state index contributed by atoms with van der Waals surface area (Å²) in [6.45, 7) is 11.4. The third-order valence-electron chi connectivity index (χ3n) is 4.23. The number of aromatic nitrogens is 3. The molecule has 0 bridgehead atoms. The normalized spacial score (nSPS) is 11.0. The Morgan fingerprint density at radius 3 is 2.39 bits per heavy atom. The lowest BCUT2D eigenvalue weighted by atomic mass is 9.96. The molecule has 168 valence electrons. The molecule has 10 nitrogen and oxygen atoms in total. The number of nitrogens with one attached hydrogen (secondary N) is 3. The van der Waals surface area contributed by atoms with Crippen molar-refractivity contribution in [1.29, 1.82) is 0 Å². The van der Waals surface area contributed by atoms with Gasteiger partial charge in [0, 0.05) is 44.9 Å². The maximum atomic E-state index is 11.5. The van der Waals surface area contributed by atoms with Gasteiger partial charge in [-0.05, 0) is 30.0 Å². The van der Waals surface area contributed by atoms with Gasteiger partial charge in [0.05, 0.1) is 0 Å². The molecule has 2 amide bonds. The second kappa shape index (κ2) is 10.1. The summed E-state index contributed by atoms with van der Waals surface area (Å²) < 4.78 is 0. The number of hydrogen-bond acceptors (Lipinski definition) is 8. The van der Waals surface area contributed by atoms with Crippen molar-refractivity contribution in [1.82, 2.24) is 20.3 Å². The molecule has 0 atom stereocenters. The van der Waals surface area contributed by atoms with Crippen LogP contribution in [0.25, 0.3) is 0 Å². The standard InChI is InChI=1S/C21H32N8O2/c1-13-7-8-15(17(22)31)11-16(13)25-19-26-18(24-10-9-23-14(2)30)27-20(28-19)29(6)12-21(3,4)5/h7-8,11H,9-10,12H2,1-6H3,(H2,22,31)(H,23,30)(H2,24,25,26,27,28). The minimum absolute atomic E-state index is 0.0420. The predicted octanol–water partition coefficient (Wildman–Crippen LogP) is 2.05. The van der Waals surface area contributed by atoms with Crippen molar-refractivity contribution in [3.63, 3.8) is 0 Å². The fraction of sp³-hybridized carbons (Fsp3) is 0.476. The number of carbonyl (C=O) groups is 2. The largest absolute Gasteiger partial charge is 0.366 e. The fourth-order valence-electron chi connectivity index (χ4n) is 2.90. The van der Waals surface area contributed by atoms with E-state index in [1.165, 1.54) is 6.92 Å². The number of amides is 2. The van der Waals surface area contributed by atoms with E-state index in [-0.39, 0.29) is 11.3 Å². The predicted molar refractivity (Wildman–Crippen MR) is 123 cm³/mol. The molecule has 0 saturated heterocycles. The Balaban J connectivity index is 2.32. The van der Waals surface area contributed by atoms with Crippen LogP contribution in [0.2, 0.25) is 0 Å². The molecule has 0 fully saturated rings. The van der Waals surface area contributed by atoms with Gasteiger partial charge in [-0.2, -0.15) is 15.0 Å². The molecular weight excluding hydrogens is 396 g/mol. The molecule has 0 aliphatic carbocycles. The number of aryl methyl sites for hydroxylation is 1. The van der Waals surface area contributed by atoms with Gasteiger partial charge in [-0.25, -0.2) is 0 Å². The van der Waals surface area contributed by atoms with Gasteiger partial charge < -0.3 is 26.6 Å². The minimum Gasteiger partial charge on any atom is -0.366 e. The first-order valence-electron chi connectivity index (χ1n) is 10.1. The van der Waals surface area contributed by atoms with Crippen molar-refractivity contribution < 1.29 is 9.59 Å². The Morgan fingerprint density at radius 2 is 1.77 bits per heavy atom. The summed E-state index contributed by atoms with van der Waals surface area (Å²) in [6.07, 6.45) is 0. The molecule has 0 radical (unpaired) electrons. The van der Waals surface area contributed by atoms with E-state index < -0.39 is 5.91 Å². The number of primary amides is 1. The molecule has 0 aliphatic rings. The van der Waals surface area contributed by atoms with Crippen molar-refractivity contribution in [3.8, 4) is 0 Å². The summed E-state index contributed by atoms with van der Waals surface area (Å²) in [5.41, 5.74) is 7.43. The van der Waals surface area contributed by atoms with Crippen molar-refractivity contribution in [2.24, 2.45) is 11.1 Å². The minimum atomic E-state index is -0.510. The van der Waals surface area contributed by atoms with E-state index in [9.17, 15) is 9.59 Å². The molecule has 1 heterocycles. The van der Waals surface area contributed by atoms with Gasteiger partial charge in [-0.15, -0.1) is 0 Å². The quantitative estimate of drug-likeness (QED) is 0.445. The second-order valence-corrected chi connectivity index (χ2v) is 8.63. The van der Waals surface area contributed by atoms with Crippen LogP contribution in [0.5, 0.6) is 0 Å². The third-order valence-corrected chi connectivity index (χ3v) is 4.23.